The lowest BCUT2D eigenvalue weighted by Crippen LogP contribution is -2.13. The Labute approximate surface area is 205 Å². The zero-order valence-electron chi connectivity index (χ0n) is 17.4. The lowest BCUT2D eigenvalue weighted by atomic mass is 10.1. The van der Waals surface area contributed by atoms with E-state index in [0.717, 1.165) is 20.8 Å². The number of nitrogens with zero attached hydrogens (tertiary/aromatic N) is 1. The fourth-order valence-corrected chi connectivity index (χ4v) is 3.82. The lowest BCUT2D eigenvalue weighted by Gasteiger charge is -2.12. The second-order valence-corrected chi connectivity index (χ2v) is 8.59. The largest absolute Gasteiger partial charge is 0.488 e. The highest BCUT2D eigenvalue weighted by molar-refractivity contribution is 9.10. The normalized spacial score (nSPS) is 11.1. The summed E-state index contributed by atoms with van der Waals surface area (Å²) in [6.45, 7) is 0.330. The number of anilines is 1. The van der Waals surface area contributed by atoms with Crippen LogP contribution in [-0.2, 0) is 11.4 Å². The first-order valence-corrected chi connectivity index (χ1v) is 11.3. The number of fused-ring (bicyclic) bond motifs is 1. The van der Waals surface area contributed by atoms with Gasteiger partial charge in [0.15, 0.2) is 0 Å². The summed E-state index contributed by atoms with van der Waals surface area (Å²) in [6.07, 6.45) is 1.48. The number of amides is 1. The van der Waals surface area contributed by atoms with E-state index in [2.05, 4.69) is 39.4 Å². The molecule has 0 aliphatic carbocycles. The number of hydrogen-bond donors (Lipinski definition) is 1. The molecule has 4 nitrogen and oxygen atoms in total. The number of rotatable bonds is 6. The smallest absolute Gasteiger partial charge is 0.266 e. The maximum absolute atomic E-state index is 12.7. The van der Waals surface area contributed by atoms with E-state index >= 15 is 0 Å². The van der Waals surface area contributed by atoms with Crippen molar-refractivity contribution >= 4 is 56.0 Å². The summed E-state index contributed by atoms with van der Waals surface area (Å²) >= 11 is 9.55. The molecule has 0 saturated carbocycles. The summed E-state index contributed by atoms with van der Waals surface area (Å²) < 4.78 is 6.99. The second kappa shape index (κ2) is 10.4. The Morgan fingerprint density at radius 3 is 2.58 bits per heavy atom. The molecule has 0 atom stereocenters. The SMILES string of the molecule is N#C/C(=C\c1cc(Cl)ccc1OCc1cccc2ccccc12)C(=O)Nc1ccc(Br)cc1. The number of halogens is 2. The van der Waals surface area contributed by atoms with Crippen molar-refractivity contribution in [3.05, 3.63) is 111 Å². The van der Waals surface area contributed by atoms with E-state index in [0.29, 0.717) is 28.6 Å². The Kier molecular flexibility index (Phi) is 7.09. The Morgan fingerprint density at radius 1 is 1.03 bits per heavy atom. The molecule has 1 N–H and O–H groups in total. The van der Waals surface area contributed by atoms with E-state index < -0.39 is 5.91 Å². The van der Waals surface area contributed by atoms with Crippen LogP contribution in [0, 0.1) is 11.3 Å². The summed E-state index contributed by atoms with van der Waals surface area (Å²) in [5.74, 6) is 0.0105. The van der Waals surface area contributed by atoms with Gasteiger partial charge in [-0.25, -0.2) is 0 Å². The van der Waals surface area contributed by atoms with Gasteiger partial charge >= 0.3 is 0 Å². The molecule has 0 spiro atoms. The molecule has 33 heavy (non-hydrogen) atoms. The van der Waals surface area contributed by atoms with Crippen LogP contribution in [0.1, 0.15) is 11.1 Å². The zero-order valence-corrected chi connectivity index (χ0v) is 19.7. The summed E-state index contributed by atoms with van der Waals surface area (Å²) in [5, 5.41) is 15.0. The molecule has 0 aromatic heterocycles. The molecule has 0 unspecified atom stereocenters. The van der Waals surface area contributed by atoms with Gasteiger partial charge in [-0.1, -0.05) is 70.0 Å². The van der Waals surface area contributed by atoms with Gasteiger partial charge < -0.3 is 10.1 Å². The number of carbonyl (C=O) groups is 1. The van der Waals surface area contributed by atoms with Gasteiger partial charge in [-0.3, -0.25) is 4.79 Å². The molecule has 4 rings (SSSR count). The van der Waals surface area contributed by atoms with Crippen molar-refractivity contribution in [3.63, 3.8) is 0 Å². The summed E-state index contributed by atoms with van der Waals surface area (Å²) in [5.41, 5.74) is 2.11. The average Bonchev–Trinajstić information content (AvgIpc) is 2.83. The van der Waals surface area contributed by atoms with Crippen LogP contribution in [0.4, 0.5) is 5.69 Å². The highest BCUT2D eigenvalue weighted by atomic mass is 79.9. The first-order valence-electron chi connectivity index (χ1n) is 10.1. The van der Waals surface area contributed by atoms with Gasteiger partial charge in [-0.05, 0) is 64.9 Å². The topological polar surface area (TPSA) is 62.1 Å². The Morgan fingerprint density at radius 2 is 1.79 bits per heavy atom. The third-order valence-electron chi connectivity index (χ3n) is 5.00. The van der Waals surface area contributed by atoms with Crippen LogP contribution >= 0.6 is 27.5 Å². The van der Waals surface area contributed by atoms with Crippen molar-refractivity contribution in [1.29, 1.82) is 5.26 Å². The number of benzene rings is 4. The van der Waals surface area contributed by atoms with E-state index in [-0.39, 0.29) is 5.57 Å². The third-order valence-corrected chi connectivity index (χ3v) is 5.77. The average molecular weight is 518 g/mol. The van der Waals surface area contributed by atoms with Gasteiger partial charge in [0.1, 0.15) is 24.0 Å². The molecule has 4 aromatic carbocycles. The molecule has 4 aromatic rings. The number of hydrogen-bond acceptors (Lipinski definition) is 3. The van der Waals surface area contributed by atoms with E-state index in [1.54, 1.807) is 30.3 Å². The van der Waals surface area contributed by atoms with Crippen molar-refractivity contribution in [2.24, 2.45) is 0 Å². The number of carbonyl (C=O) groups excluding carboxylic acids is 1. The van der Waals surface area contributed by atoms with Crippen LogP contribution < -0.4 is 10.1 Å². The Balaban J connectivity index is 1.59. The van der Waals surface area contributed by atoms with Crippen molar-refractivity contribution in [2.45, 2.75) is 6.61 Å². The van der Waals surface area contributed by atoms with Crippen molar-refractivity contribution in [2.75, 3.05) is 5.32 Å². The first-order chi connectivity index (χ1) is 16.0. The fraction of sp³-hybridized carbons (Fsp3) is 0.0370. The Bertz CT molecular complexity index is 1390. The van der Waals surface area contributed by atoms with Crippen LogP contribution in [0.5, 0.6) is 5.75 Å². The molecule has 162 valence electrons. The number of nitrogens with one attached hydrogen (secondary N) is 1. The maximum atomic E-state index is 12.7. The van der Waals surface area contributed by atoms with Gasteiger partial charge in [-0.15, -0.1) is 0 Å². The van der Waals surface area contributed by atoms with Crippen molar-refractivity contribution < 1.29 is 9.53 Å². The van der Waals surface area contributed by atoms with Crippen LogP contribution in [0.3, 0.4) is 0 Å². The van der Waals surface area contributed by atoms with Crippen LogP contribution in [0.2, 0.25) is 5.02 Å². The van der Waals surface area contributed by atoms with Crippen molar-refractivity contribution in [3.8, 4) is 11.8 Å². The van der Waals surface area contributed by atoms with Crippen LogP contribution in [-0.4, -0.2) is 5.91 Å². The molecule has 6 heteroatoms. The Hall–Kier alpha value is -3.59. The monoisotopic (exact) mass is 516 g/mol. The quantitative estimate of drug-likeness (QED) is 0.214. The van der Waals surface area contributed by atoms with Gasteiger partial charge in [-0.2, -0.15) is 5.26 Å². The molecule has 0 aliphatic rings. The molecular weight excluding hydrogens is 500 g/mol. The molecule has 0 bridgehead atoms. The highest BCUT2D eigenvalue weighted by Crippen LogP contribution is 2.28. The van der Waals surface area contributed by atoms with E-state index in [4.69, 9.17) is 16.3 Å². The molecule has 0 radical (unpaired) electrons. The lowest BCUT2D eigenvalue weighted by molar-refractivity contribution is -0.112. The van der Waals surface area contributed by atoms with Gasteiger partial charge in [0.2, 0.25) is 0 Å². The van der Waals surface area contributed by atoms with Crippen molar-refractivity contribution in [1.82, 2.24) is 0 Å². The summed E-state index contributed by atoms with van der Waals surface area (Å²) in [6, 6.07) is 28.3. The molecule has 0 saturated heterocycles. The van der Waals surface area contributed by atoms with Crippen LogP contribution in [0.25, 0.3) is 16.8 Å². The van der Waals surface area contributed by atoms with E-state index in [1.165, 1.54) is 6.08 Å². The first kappa shape index (κ1) is 22.6. The zero-order chi connectivity index (χ0) is 23.2. The minimum Gasteiger partial charge on any atom is -0.488 e. The highest BCUT2D eigenvalue weighted by Gasteiger charge is 2.13. The minimum atomic E-state index is -0.514. The summed E-state index contributed by atoms with van der Waals surface area (Å²) in [7, 11) is 0. The molecule has 0 aliphatic heterocycles. The van der Waals surface area contributed by atoms with Gasteiger partial charge in [0, 0.05) is 20.7 Å². The van der Waals surface area contributed by atoms with Gasteiger partial charge in [0.05, 0.1) is 0 Å². The summed E-state index contributed by atoms with van der Waals surface area (Å²) in [4.78, 5) is 12.7. The maximum Gasteiger partial charge on any atom is 0.266 e. The number of nitriles is 1. The van der Waals surface area contributed by atoms with Gasteiger partial charge in [0.25, 0.3) is 5.91 Å². The number of ether oxygens (including phenoxy) is 1. The molecule has 0 heterocycles. The predicted molar refractivity (Wildman–Crippen MR) is 136 cm³/mol. The molecule has 0 fully saturated rings. The van der Waals surface area contributed by atoms with Crippen LogP contribution in [0.15, 0.2) is 95.0 Å². The fourth-order valence-electron chi connectivity index (χ4n) is 3.37. The predicted octanol–water partition coefficient (Wildman–Crippen LogP) is 7.38. The molecule has 1 amide bonds. The standard InChI is InChI=1S/C27H18BrClN2O2/c28-22-8-11-24(12-9-22)31-27(32)21(16-30)14-20-15-23(29)10-13-26(20)33-17-19-6-3-5-18-4-1-2-7-25(18)19/h1-15H,17H2,(H,31,32)/b21-14+. The third kappa shape index (κ3) is 5.61. The van der Waals surface area contributed by atoms with E-state index in [1.807, 2.05) is 42.5 Å². The molecular formula is C27H18BrClN2O2. The second-order valence-electron chi connectivity index (χ2n) is 7.24. The minimum absolute atomic E-state index is 0.0600. The van der Waals surface area contributed by atoms with E-state index in [9.17, 15) is 10.1 Å².